The first kappa shape index (κ1) is 16.4. The van der Waals surface area contributed by atoms with Gasteiger partial charge in [0.15, 0.2) is 0 Å². The SMILES string of the molecule is CCNC(CSC(C)(C)C)C1CCC(C)C(C)C1. The molecular weight excluding hydrogens is 238 g/mol. The molecule has 0 aromatic heterocycles. The van der Waals surface area contributed by atoms with Crippen molar-refractivity contribution in [3.63, 3.8) is 0 Å². The summed E-state index contributed by atoms with van der Waals surface area (Å²) in [5.41, 5.74) is 0. The zero-order valence-corrected chi connectivity index (χ0v) is 14.1. The van der Waals surface area contributed by atoms with Crippen LogP contribution in [-0.4, -0.2) is 23.1 Å². The van der Waals surface area contributed by atoms with Crippen molar-refractivity contribution in [3.05, 3.63) is 0 Å². The fourth-order valence-corrected chi connectivity index (χ4v) is 3.99. The smallest absolute Gasteiger partial charge is 0.0186 e. The molecule has 4 unspecified atom stereocenters. The summed E-state index contributed by atoms with van der Waals surface area (Å²) in [4.78, 5) is 0. The Morgan fingerprint density at radius 1 is 1.17 bits per heavy atom. The molecule has 1 nitrogen and oxygen atoms in total. The fourth-order valence-electron chi connectivity index (χ4n) is 2.92. The van der Waals surface area contributed by atoms with Crippen LogP contribution >= 0.6 is 11.8 Å². The first-order valence-corrected chi connectivity index (χ1v) is 8.69. The monoisotopic (exact) mass is 271 g/mol. The van der Waals surface area contributed by atoms with Gasteiger partial charge in [-0.25, -0.2) is 0 Å². The molecular formula is C16H33NS. The second-order valence-electron chi connectivity index (χ2n) is 7.12. The summed E-state index contributed by atoms with van der Waals surface area (Å²) in [6, 6.07) is 0.717. The van der Waals surface area contributed by atoms with Crippen molar-refractivity contribution < 1.29 is 0 Å². The van der Waals surface area contributed by atoms with Crippen LogP contribution in [0, 0.1) is 17.8 Å². The van der Waals surface area contributed by atoms with Crippen molar-refractivity contribution in [3.8, 4) is 0 Å². The Hall–Kier alpha value is 0.310. The van der Waals surface area contributed by atoms with Gasteiger partial charge >= 0.3 is 0 Å². The number of rotatable bonds is 5. The van der Waals surface area contributed by atoms with Crippen molar-refractivity contribution in [2.75, 3.05) is 12.3 Å². The minimum atomic E-state index is 0.390. The van der Waals surface area contributed by atoms with Gasteiger partial charge in [-0.15, -0.1) is 0 Å². The molecule has 2 heteroatoms. The zero-order valence-electron chi connectivity index (χ0n) is 13.3. The minimum absolute atomic E-state index is 0.390. The van der Waals surface area contributed by atoms with Crippen LogP contribution in [-0.2, 0) is 0 Å². The molecule has 0 aliphatic heterocycles. The van der Waals surface area contributed by atoms with Gasteiger partial charge in [-0.2, -0.15) is 11.8 Å². The lowest BCUT2D eigenvalue weighted by molar-refractivity contribution is 0.179. The summed E-state index contributed by atoms with van der Waals surface area (Å²) >= 11 is 2.11. The van der Waals surface area contributed by atoms with Crippen LogP contribution in [0.3, 0.4) is 0 Å². The van der Waals surface area contributed by atoms with E-state index >= 15 is 0 Å². The average Bonchev–Trinajstić information content (AvgIpc) is 2.27. The number of nitrogens with one attached hydrogen (secondary N) is 1. The maximum Gasteiger partial charge on any atom is 0.0186 e. The van der Waals surface area contributed by atoms with E-state index in [0.717, 1.165) is 24.3 Å². The average molecular weight is 272 g/mol. The van der Waals surface area contributed by atoms with Gasteiger partial charge in [-0.3, -0.25) is 0 Å². The van der Waals surface area contributed by atoms with E-state index in [-0.39, 0.29) is 0 Å². The summed E-state index contributed by atoms with van der Waals surface area (Å²) in [6.07, 6.45) is 4.27. The third kappa shape index (κ3) is 5.52. The van der Waals surface area contributed by atoms with Crippen LogP contribution in [0.15, 0.2) is 0 Å². The number of hydrogen-bond acceptors (Lipinski definition) is 2. The predicted octanol–water partition coefficient (Wildman–Crippen LogP) is 4.57. The zero-order chi connectivity index (χ0) is 13.8. The summed E-state index contributed by atoms with van der Waals surface area (Å²) < 4.78 is 0.390. The van der Waals surface area contributed by atoms with Crippen molar-refractivity contribution in [2.24, 2.45) is 17.8 Å². The molecule has 1 fully saturated rings. The van der Waals surface area contributed by atoms with Crippen LogP contribution in [0.4, 0.5) is 0 Å². The second-order valence-corrected chi connectivity index (χ2v) is 8.96. The van der Waals surface area contributed by atoms with Crippen LogP contribution in [0.1, 0.15) is 60.8 Å². The van der Waals surface area contributed by atoms with Crippen molar-refractivity contribution in [1.82, 2.24) is 5.32 Å². The van der Waals surface area contributed by atoms with E-state index in [4.69, 9.17) is 0 Å². The number of thioether (sulfide) groups is 1. The lowest BCUT2D eigenvalue weighted by Crippen LogP contribution is -2.42. The topological polar surface area (TPSA) is 12.0 Å². The Morgan fingerprint density at radius 2 is 1.83 bits per heavy atom. The van der Waals surface area contributed by atoms with E-state index in [0.29, 0.717) is 10.8 Å². The van der Waals surface area contributed by atoms with Gasteiger partial charge in [0.2, 0.25) is 0 Å². The minimum Gasteiger partial charge on any atom is -0.313 e. The van der Waals surface area contributed by atoms with Crippen molar-refractivity contribution in [1.29, 1.82) is 0 Å². The summed E-state index contributed by atoms with van der Waals surface area (Å²) in [7, 11) is 0. The van der Waals surface area contributed by atoms with Crippen molar-refractivity contribution in [2.45, 2.75) is 71.6 Å². The molecule has 1 saturated carbocycles. The van der Waals surface area contributed by atoms with E-state index in [9.17, 15) is 0 Å². The fraction of sp³-hybridized carbons (Fsp3) is 1.00. The molecule has 0 saturated heterocycles. The van der Waals surface area contributed by atoms with Gasteiger partial charge in [0.05, 0.1) is 0 Å². The standard InChI is InChI=1S/C16H33NS/c1-7-17-15(11-18-16(4,5)6)14-9-8-12(2)13(3)10-14/h12-15,17H,7-11H2,1-6H3. The normalized spacial score (nSPS) is 31.3. The van der Waals surface area contributed by atoms with E-state index < -0.39 is 0 Å². The Bertz CT molecular complexity index is 234. The molecule has 4 atom stereocenters. The van der Waals surface area contributed by atoms with E-state index in [2.05, 4.69) is 58.6 Å². The molecule has 1 aliphatic carbocycles. The molecule has 1 rings (SSSR count). The maximum atomic E-state index is 3.74. The summed E-state index contributed by atoms with van der Waals surface area (Å²) in [6.45, 7) is 15.2. The molecule has 0 bridgehead atoms. The highest BCUT2D eigenvalue weighted by atomic mass is 32.2. The highest BCUT2D eigenvalue weighted by molar-refractivity contribution is 8.00. The quantitative estimate of drug-likeness (QED) is 0.786. The molecule has 108 valence electrons. The molecule has 1 aliphatic rings. The first-order valence-electron chi connectivity index (χ1n) is 7.70. The summed E-state index contributed by atoms with van der Waals surface area (Å²) in [5.74, 6) is 4.00. The Labute approximate surface area is 119 Å². The highest BCUT2D eigenvalue weighted by Gasteiger charge is 2.30. The summed E-state index contributed by atoms with van der Waals surface area (Å²) in [5, 5.41) is 3.74. The van der Waals surface area contributed by atoms with Crippen LogP contribution < -0.4 is 5.32 Å². The Kier molecular flexibility index (Phi) is 6.54. The molecule has 0 heterocycles. The van der Waals surface area contributed by atoms with Crippen LogP contribution in [0.5, 0.6) is 0 Å². The molecule has 0 spiro atoms. The van der Waals surface area contributed by atoms with E-state index in [1.807, 2.05) is 0 Å². The maximum absolute atomic E-state index is 3.74. The highest BCUT2D eigenvalue weighted by Crippen LogP contribution is 2.36. The third-order valence-corrected chi connectivity index (χ3v) is 5.76. The van der Waals surface area contributed by atoms with Gasteiger partial charge in [0, 0.05) is 16.5 Å². The van der Waals surface area contributed by atoms with Gasteiger partial charge in [0.25, 0.3) is 0 Å². The van der Waals surface area contributed by atoms with E-state index in [1.54, 1.807) is 0 Å². The lowest BCUT2D eigenvalue weighted by atomic mass is 9.73. The Morgan fingerprint density at radius 3 is 2.33 bits per heavy atom. The molecule has 0 amide bonds. The van der Waals surface area contributed by atoms with Gasteiger partial charge < -0.3 is 5.32 Å². The van der Waals surface area contributed by atoms with Crippen molar-refractivity contribution >= 4 is 11.8 Å². The van der Waals surface area contributed by atoms with Gasteiger partial charge in [0.1, 0.15) is 0 Å². The molecule has 0 aromatic rings. The van der Waals surface area contributed by atoms with Crippen LogP contribution in [0.2, 0.25) is 0 Å². The third-order valence-electron chi connectivity index (χ3n) is 4.37. The second kappa shape index (κ2) is 7.19. The van der Waals surface area contributed by atoms with Crippen LogP contribution in [0.25, 0.3) is 0 Å². The predicted molar refractivity (Wildman–Crippen MR) is 85.3 cm³/mol. The molecule has 1 N–H and O–H groups in total. The molecule has 0 aromatic carbocycles. The largest absolute Gasteiger partial charge is 0.313 e. The lowest BCUT2D eigenvalue weighted by Gasteiger charge is -2.37. The van der Waals surface area contributed by atoms with Gasteiger partial charge in [-0.05, 0) is 37.1 Å². The molecule has 0 radical (unpaired) electrons. The Balaban J connectivity index is 2.50. The molecule has 18 heavy (non-hydrogen) atoms. The van der Waals surface area contributed by atoms with E-state index in [1.165, 1.54) is 25.0 Å². The number of hydrogen-bond donors (Lipinski definition) is 1. The first-order chi connectivity index (χ1) is 8.33. The van der Waals surface area contributed by atoms with Gasteiger partial charge in [-0.1, -0.05) is 48.0 Å².